The first-order valence-electron chi connectivity index (χ1n) is 9.33. The van der Waals surface area contributed by atoms with Gasteiger partial charge in [0.25, 0.3) is 5.91 Å². The van der Waals surface area contributed by atoms with Crippen LogP contribution in [-0.2, 0) is 0 Å². The summed E-state index contributed by atoms with van der Waals surface area (Å²) < 4.78 is 0. The smallest absolute Gasteiger partial charge is 0.545 e. The maximum Gasteiger partial charge on any atom is 1.00 e. The molecule has 0 bridgehead atoms. The minimum absolute atomic E-state index is 0. The summed E-state index contributed by atoms with van der Waals surface area (Å²) in [5.41, 5.74) is 2.81. The molecule has 4 aromatic rings. The van der Waals surface area contributed by atoms with Crippen LogP contribution in [0.3, 0.4) is 0 Å². The van der Waals surface area contributed by atoms with E-state index in [1.807, 2.05) is 30.3 Å². The van der Waals surface area contributed by atoms with Crippen LogP contribution in [0, 0.1) is 0 Å². The molecule has 0 aliphatic rings. The number of anilines is 1. The van der Waals surface area contributed by atoms with E-state index in [0.717, 1.165) is 11.1 Å². The largest absolute Gasteiger partial charge is 1.00 e. The first kappa shape index (κ1) is 23.1. The molecule has 0 atom stereocenters. The molecule has 0 saturated heterocycles. The van der Waals surface area contributed by atoms with E-state index in [1.165, 1.54) is 24.5 Å². The summed E-state index contributed by atoms with van der Waals surface area (Å²) in [4.78, 5) is 32.2. The van der Waals surface area contributed by atoms with Crippen molar-refractivity contribution in [1.82, 2.24) is 9.97 Å². The molecule has 32 heavy (non-hydrogen) atoms. The molecule has 0 unspecified atom stereocenters. The fourth-order valence-corrected chi connectivity index (χ4v) is 3.18. The Labute approximate surface area is 206 Å². The van der Waals surface area contributed by atoms with Crippen molar-refractivity contribution in [1.29, 1.82) is 0 Å². The van der Waals surface area contributed by atoms with Crippen LogP contribution in [0.5, 0.6) is 5.75 Å². The third kappa shape index (κ3) is 5.03. The molecule has 0 aliphatic heterocycles. The number of phenolic OH excluding ortho intramolecular Hbond substituents is 1. The number of carboxylic acids is 1. The van der Waals surface area contributed by atoms with Gasteiger partial charge in [-0.2, -0.15) is 0 Å². The first-order chi connectivity index (χ1) is 15.0. The number of carbonyl (C=O) groups is 2. The summed E-state index contributed by atoms with van der Waals surface area (Å²) in [5, 5.41) is 24.5. The number of rotatable bonds is 5. The number of carbonyl (C=O) groups excluding carboxylic acids is 2. The van der Waals surface area contributed by atoms with Crippen molar-refractivity contribution in [2.45, 2.75) is 0 Å². The normalized spacial score (nSPS) is 10.1. The zero-order valence-electron chi connectivity index (χ0n) is 17.1. The minimum atomic E-state index is -1.42. The van der Waals surface area contributed by atoms with Gasteiger partial charge in [0.15, 0.2) is 0 Å². The molecular weight excluding hydrogens is 417 g/mol. The molecule has 0 fully saturated rings. The quantitative estimate of drug-likeness (QED) is 0.433. The molecule has 2 N–H and O–H groups in total. The maximum atomic E-state index is 12.8. The van der Waals surface area contributed by atoms with Gasteiger partial charge in [-0.05, 0) is 34.9 Å². The van der Waals surface area contributed by atoms with Gasteiger partial charge in [0.2, 0.25) is 0 Å². The molecule has 0 aliphatic carbocycles. The Morgan fingerprint density at radius 3 is 2.03 bits per heavy atom. The van der Waals surface area contributed by atoms with Crippen molar-refractivity contribution >= 4 is 17.6 Å². The van der Waals surface area contributed by atoms with E-state index >= 15 is 0 Å². The van der Waals surface area contributed by atoms with E-state index in [4.69, 9.17) is 0 Å². The number of amides is 1. The van der Waals surface area contributed by atoms with E-state index in [-0.39, 0.29) is 52.1 Å². The topological polar surface area (TPSA) is 115 Å². The summed E-state index contributed by atoms with van der Waals surface area (Å²) in [6, 6.07) is 18.4. The van der Waals surface area contributed by atoms with Crippen molar-refractivity contribution in [3.05, 3.63) is 96.6 Å². The van der Waals surface area contributed by atoms with Gasteiger partial charge >= 0.3 is 29.6 Å². The summed E-state index contributed by atoms with van der Waals surface area (Å²) in [7, 11) is 0. The van der Waals surface area contributed by atoms with E-state index in [2.05, 4.69) is 15.3 Å². The number of aromatic carboxylic acids is 1. The summed E-state index contributed by atoms with van der Waals surface area (Å²) in [6.07, 6.45) is 4.56. The van der Waals surface area contributed by atoms with Crippen LogP contribution in [0.15, 0.2) is 85.5 Å². The van der Waals surface area contributed by atoms with Crippen LogP contribution in [0.1, 0.15) is 20.7 Å². The number of hydrogen-bond acceptors (Lipinski definition) is 6. The van der Waals surface area contributed by atoms with Crippen LogP contribution < -0.4 is 40.0 Å². The van der Waals surface area contributed by atoms with Crippen molar-refractivity contribution in [2.75, 3.05) is 5.32 Å². The average molecular weight is 433 g/mol. The Balaban J connectivity index is 0.00000289. The molecule has 1 amide bonds. The Kier molecular flexibility index (Phi) is 7.37. The molecule has 1 aromatic heterocycles. The molecular formula is C24H16N3NaO4. The van der Waals surface area contributed by atoms with Gasteiger partial charge in [-0.1, -0.05) is 48.5 Å². The van der Waals surface area contributed by atoms with E-state index < -0.39 is 11.9 Å². The van der Waals surface area contributed by atoms with Gasteiger partial charge in [0.1, 0.15) is 12.1 Å². The van der Waals surface area contributed by atoms with Crippen molar-refractivity contribution in [3.63, 3.8) is 0 Å². The number of benzene rings is 3. The molecule has 152 valence electrons. The standard InChI is InChI=1S/C24H17N3O4.Na/c28-22-11-17(18-12-25-14-26-13-18)7-9-20(22)23(29)27-21-10-16(6-8-19(21)24(30)31)15-4-2-1-3-5-15;/h1-14,28H,(H,27,29)(H,30,31);/q;+1/p-1. The monoisotopic (exact) mass is 433 g/mol. The summed E-state index contributed by atoms with van der Waals surface area (Å²) in [6.45, 7) is 0. The number of nitrogens with zero attached hydrogens (tertiary/aromatic N) is 2. The van der Waals surface area contributed by atoms with Crippen LogP contribution in [-0.4, -0.2) is 27.0 Å². The Bertz CT molecular complexity index is 1260. The molecule has 4 rings (SSSR count). The third-order valence-electron chi connectivity index (χ3n) is 4.73. The first-order valence-corrected chi connectivity index (χ1v) is 9.33. The van der Waals surface area contributed by atoms with Gasteiger partial charge in [0.05, 0.1) is 17.2 Å². The Hall–Kier alpha value is -3.52. The Morgan fingerprint density at radius 1 is 0.781 bits per heavy atom. The molecule has 0 saturated carbocycles. The zero-order chi connectivity index (χ0) is 21.8. The molecule has 3 aromatic carbocycles. The molecule has 0 spiro atoms. The number of phenols is 1. The van der Waals surface area contributed by atoms with Gasteiger partial charge in [0, 0.05) is 23.5 Å². The summed E-state index contributed by atoms with van der Waals surface area (Å²) in [5.74, 6) is -2.33. The van der Waals surface area contributed by atoms with Gasteiger partial charge in [-0.15, -0.1) is 0 Å². The molecule has 1 heterocycles. The predicted molar refractivity (Wildman–Crippen MR) is 113 cm³/mol. The fourth-order valence-electron chi connectivity index (χ4n) is 3.18. The Morgan fingerprint density at radius 2 is 1.41 bits per heavy atom. The van der Waals surface area contributed by atoms with Gasteiger partial charge in [-0.25, -0.2) is 9.97 Å². The second-order valence-electron chi connectivity index (χ2n) is 6.73. The minimum Gasteiger partial charge on any atom is -0.545 e. The zero-order valence-corrected chi connectivity index (χ0v) is 19.1. The number of aromatic nitrogens is 2. The van der Waals surface area contributed by atoms with Gasteiger partial charge < -0.3 is 20.3 Å². The number of carboxylic acid groups (broad SMARTS) is 1. The van der Waals surface area contributed by atoms with E-state index in [9.17, 15) is 19.8 Å². The van der Waals surface area contributed by atoms with Crippen LogP contribution in [0.4, 0.5) is 5.69 Å². The second-order valence-corrected chi connectivity index (χ2v) is 6.73. The number of hydrogen-bond donors (Lipinski definition) is 2. The van der Waals surface area contributed by atoms with Crippen LogP contribution >= 0.6 is 0 Å². The predicted octanol–water partition coefficient (Wildman–Crippen LogP) is 0.136. The van der Waals surface area contributed by atoms with E-state index in [0.29, 0.717) is 11.1 Å². The van der Waals surface area contributed by atoms with Crippen LogP contribution in [0.2, 0.25) is 0 Å². The SMILES string of the molecule is O=C(Nc1cc(-c2ccccc2)ccc1C(=O)[O-])c1ccc(-c2cncnc2)cc1O.[Na+]. The second kappa shape index (κ2) is 10.2. The number of nitrogens with one attached hydrogen (secondary N) is 1. The van der Waals surface area contributed by atoms with Crippen molar-refractivity contribution in [3.8, 4) is 28.0 Å². The molecule has 0 radical (unpaired) electrons. The third-order valence-corrected chi connectivity index (χ3v) is 4.73. The van der Waals surface area contributed by atoms with Crippen molar-refractivity contribution < 1.29 is 49.4 Å². The maximum absolute atomic E-state index is 12.8. The van der Waals surface area contributed by atoms with Gasteiger partial charge in [-0.3, -0.25) is 4.79 Å². The molecule has 7 nitrogen and oxygen atoms in total. The molecule has 8 heteroatoms. The van der Waals surface area contributed by atoms with E-state index in [1.54, 1.807) is 30.6 Å². The average Bonchev–Trinajstić information content (AvgIpc) is 2.80. The van der Waals surface area contributed by atoms with Crippen molar-refractivity contribution in [2.24, 2.45) is 0 Å². The summed E-state index contributed by atoms with van der Waals surface area (Å²) >= 11 is 0. The number of aromatic hydroxyl groups is 1. The fraction of sp³-hybridized carbons (Fsp3) is 0. The van der Waals surface area contributed by atoms with Crippen LogP contribution in [0.25, 0.3) is 22.3 Å².